The van der Waals surface area contributed by atoms with Gasteiger partial charge in [-0.1, -0.05) is 17.4 Å². The zero-order chi connectivity index (χ0) is 17.5. The van der Waals surface area contributed by atoms with Crippen molar-refractivity contribution in [2.45, 2.75) is 19.3 Å². The van der Waals surface area contributed by atoms with E-state index in [0.717, 1.165) is 16.9 Å². The molecule has 0 radical (unpaired) electrons. The summed E-state index contributed by atoms with van der Waals surface area (Å²) in [5, 5.41) is 19.4. The topological polar surface area (TPSA) is 111 Å². The number of anilines is 1. The number of aromatic nitrogens is 2. The Kier molecular flexibility index (Phi) is 6.07. The zero-order valence-electron chi connectivity index (χ0n) is 13.2. The summed E-state index contributed by atoms with van der Waals surface area (Å²) in [6, 6.07) is 5.47. The zero-order valence-corrected chi connectivity index (χ0v) is 14.1. The number of hydrogen-bond donors (Lipinski definition) is 2. The lowest BCUT2D eigenvalue weighted by Crippen LogP contribution is -2.12. The Labute approximate surface area is 142 Å². The van der Waals surface area contributed by atoms with Gasteiger partial charge in [-0.15, -0.1) is 10.2 Å². The first kappa shape index (κ1) is 17.7. The SMILES string of the molecule is COc1ccc(CCC(=O)Nc2nnc(CC(=O)O)s2)cc1OC. The Hall–Kier alpha value is -2.68. The van der Waals surface area contributed by atoms with Crippen LogP contribution in [-0.2, 0) is 22.4 Å². The number of nitrogens with one attached hydrogen (secondary N) is 1. The van der Waals surface area contributed by atoms with Crippen LogP contribution in [0.15, 0.2) is 18.2 Å². The van der Waals surface area contributed by atoms with Crippen molar-refractivity contribution in [1.82, 2.24) is 10.2 Å². The summed E-state index contributed by atoms with van der Waals surface area (Å²) in [4.78, 5) is 22.5. The van der Waals surface area contributed by atoms with Crippen molar-refractivity contribution in [3.63, 3.8) is 0 Å². The van der Waals surface area contributed by atoms with E-state index in [1.54, 1.807) is 20.3 Å². The molecule has 2 N–H and O–H groups in total. The number of ether oxygens (including phenoxy) is 2. The molecule has 8 nitrogen and oxygen atoms in total. The highest BCUT2D eigenvalue weighted by molar-refractivity contribution is 7.15. The van der Waals surface area contributed by atoms with Gasteiger partial charge < -0.3 is 19.9 Å². The van der Waals surface area contributed by atoms with E-state index in [1.807, 2.05) is 12.1 Å². The molecule has 0 saturated carbocycles. The Morgan fingerprint density at radius 3 is 2.62 bits per heavy atom. The number of carboxylic acids is 1. The number of carbonyl (C=O) groups is 2. The van der Waals surface area contributed by atoms with Crippen LogP contribution in [0.2, 0.25) is 0 Å². The minimum absolute atomic E-state index is 0.209. The quantitative estimate of drug-likeness (QED) is 0.745. The largest absolute Gasteiger partial charge is 0.493 e. The number of methoxy groups -OCH3 is 2. The van der Waals surface area contributed by atoms with E-state index >= 15 is 0 Å². The third kappa shape index (κ3) is 4.92. The van der Waals surface area contributed by atoms with Crippen molar-refractivity contribution in [2.75, 3.05) is 19.5 Å². The number of hydrogen-bond acceptors (Lipinski definition) is 7. The molecular weight excluding hydrogens is 334 g/mol. The van der Waals surface area contributed by atoms with Gasteiger partial charge in [0.25, 0.3) is 0 Å². The van der Waals surface area contributed by atoms with Gasteiger partial charge in [-0.3, -0.25) is 9.59 Å². The fourth-order valence-electron chi connectivity index (χ4n) is 1.98. The van der Waals surface area contributed by atoms with Crippen molar-refractivity contribution in [3.05, 3.63) is 28.8 Å². The van der Waals surface area contributed by atoms with Gasteiger partial charge >= 0.3 is 5.97 Å². The molecule has 0 aliphatic heterocycles. The maximum atomic E-state index is 12.0. The molecule has 0 bridgehead atoms. The summed E-state index contributed by atoms with van der Waals surface area (Å²) in [5.74, 6) is 0.0312. The average molecular weight is 351 g/mol. The molecule has 0 saturated heterocycles. The van der Waals surface area contributed by atoms with E-state index in [1.165, 1.54) is 0 Å². The third-order valence-corrected chi connectivity index (χ3v) is 3.94. The molecule has 0 aliphatic rings. The number of nitrogens with zero attached hydrogens (tertiary/aromatic N) is 2. The molecule has 9 heteroatoms. The second-order valence-electron chi connectivity index (χ2n) is 4.81. The monoisotopic (exact) mass is 351 g/mol. The van der Waals surface area contributed by atoms with Crippen molar-refractivity contribution in [3.8, 4) is 11.5 Å². The van der Waals surface area contributed by atoms with E-state index in [9.17, 15) is 9.59 Å². The molecule has 0 atom stereocenters. The van der Waals surface area contributed by atoms with Crippen LogP contribution >= 0.6 is 11.3 Å². The summed E-state index contributed by atoms with van der Waals surface area (Å²) in [6.07, 6.45) is 0.565. The van der Waals surface area contributed by atoms with Gasteiger partial charge in [0, 0.05) is 6.42 Å². The fraction of sp³-hybridized carbons (Fsp3) is 0.333. The highest BCUT2D eigenvalue weighted by Gasteiger charge is 2.11. The van der Waals surface area contributed by atoms with Crippen LogP contribution in [0, 0.1) is 0 Å². The number of carboxylic acid groups (broad SMARTS) is 1. The molecule has 1 aromatic carbocycles. The lowest BCUT2D eigenvalue weighted by atomic mass is 10.1. The van der Waals surface area contributed by atoms with Crippen molar-refractivity contribution in [1.29, 1.82) is 0 Å². The van der Waals surface area contributed by atoms with Crippen molar-refractivity contribution in [2.24, 2.45) is 0 Å². The molecule has 1 amide bonds. The molecule has 128 valence electrons. The standard InChI is InChI=1S/C15H17N3O5S/c1-22-10-5-3-9(7-11(10)23-2)4-6-12(19)16-15-18-17-13(24-15)8-14(20)21/h3,5,7H,4,6,8H2,1-2H3,(H,20,21)(H,16,18,19). The molecule has 0 fully saturated rings. The predicted octanol–water partition coefficient (Wildman–Crippen LogP) is 1.75. The number of aliphatic carboxylic acids is 1. The molecule has 1 aromatic heterocycles. The van der Waals surface area contributed by atoms with Gasteiger partial charge in [-0.05, 0) is 24.1 Å². The molecule has 1 heterocycles. The number of aryl methyl sites for hydroxylation is 1. The van der Waals surface area contributed by atoms with Gasteiger partial charge in [-0.25, -0.2) is 0 Å². The second kappa shape index (κ2) is 8.25. The summed E-state index contributed by atoms with van der Waals surface area (Å²) in [5.41, 5.74) is 0.937. The summed E-state index contributed by atoms with van der Waals surface area (Å²) >= 11 is 1.05. The van der Waals surface area contributed by atoms with Gasteiger partial charge in [0.1, 0.15) is 5.01 Å². The molecule has 2 aromatic rings. The van der Waals surface area contributed by atoms with Crippen molar-refractivity contribution >= 4 is 28.3 Å². The van der Waals surface area contributed by atoms with Gasteiger partial charge in [0.15, 0.2) is 11.5 Å². The maximum absolute atomic E-state index is 12.0. The second-order valence-corrected chi connectivity index (χ2v) is 5.87. The number of carbonyl (C=O) groups excluding carboxylic acids is 1. The van der Waals surface area contributed by atoms with Crippen LogP contribution in [0.4, 0.5) is 5.13 Å². The highest BCUT2D eigenvalue weighted by Crippen LogP contribution is 2.28. The minimum atomic E-state index is -0.988. The Morgan fingerprint density at radius 2 is 1.96 bits per heavy atom. The van der Waals surface area contributed by atoms with Crippen LogP contribution in [0.25, 0.3) is 0 Å². The van der Waals surface area contributed by atoms with E-state index in [0.29, 0.717) is 28.1 Å². The van der Waals surface area contributed by atoms with Gasteiger partial charge in [-0.2, -0.15) is 0 Å². The van der Waals surface area contributed by atoms with E-state index < -0.39 is 5.97 Å². The maximum Gasteiger partial charge on any atom is 0.310 e. The molecule has 0 unspecified atom stereocenters. The van der Waals surface area contributed by atoms with Gasteiger partial charge in [0.2, 0.25) is 11.0 Å². The van der Waals surface area contributed by atoms with Crippen LogP contribution in [0.1, 0.15) is 17.0 Å². The minimum Gasteiger partial charge on any atom is -0.493 e. The fourth-order valence-corrected chi connectivity index (χ4v) is 2.73. The van der Waals surface area contributed by atoms with E-state index in [4.69, 9.17) is 14.6 Å². The molecular formula is C15H17N3O5S. The van der Waals surface area contributed by atoms with E-state index in [-0.39, 0.29) is 18.7 Å². The first-order valence-electron chi connectivity index (χ1n) is 7.06. The van der Waals surface area contributed by atoms with Crippen LogP contribution in [0.5, 0.6) is 11.5 Å². The first-order chi connectivity index (χ1) is 11.5. The normalized spacial score (nSPS) is 10.2. The van der Waals surface area contributed by atoms with Crippen LogP contribution < -0.4 is 14.8 Å². The summed E-state index contributed by atoms with van der Waals surface area (Å²) in [7, 11) is 3.12. The molecule has 24 heavy (non-hydrogen) atoms. The molecule has 2 rings (SSSR count). The first-order valence-corrected chi connectivity index (χ1v) is 7.88. The third-order valence-electron chi connectivity index (χ3n) is 3.10. The highest BCUT2D eigenvalue weighted by atomic mass is 32.1. The summed E-state index contributed by atoms with van der Waals surface area (Å²) < 4.78 is 10.4. The number of rotatable bonds is 8. The lowest BCUT2D eigenvalue weighted by Gasteiger charge is -2.09. The van der Waals surface area contributed by atoms with Crippen molar-refractivity contribution < 1.29 is 24.2 Å². The van der Waals surface area contributed by atoms with E-state index in [2.05, 4.69) is 15.5 Å². The smallest absolute Gasteiger partial charge is 0.310 e. The summed E-state index contributed by atoms with van der Waals surface area (Å²) in [6.45, 7) is 0. The lowest BCUT2D eigenvalue weighted by molar-refractivity contribution is -0.136. The number of benzene rings is 1. The Balaban J connectivity index is 1.89. The predicted molar refractivity (Wildman–Crippen MR) is 87.7 cm³/mol. The molecule has 0 spiro atoms. The van der Waals surface area contributed by atoms with Crippen LogP contribution in [-0.4, -0.2) is 41.4 Å². The van der Waals surface area contributed by atoms with Crippen LogP contribution in [0.3, 0.4) is 0 Å². The number of amides is 1. The Bertz CT molecular complexity index is 732. The van der Waals surface area contributed by atoms with Gasteiger partial charge in [0.05, 0.1) is 20.6 Å². The average Bonchev–Trinajstić information content (AvgIpc) is 2.98. The Morgan fingerprint density at radius 1 is 1.21 bits per heavy atom. The molecule has 0 aliphatic carbocycles.